The summed E-state index contributed by atoms with van der Waals surface area (Å²) < 4.78 is 48.0. The SMILES string of the molecule is CCNC1C[C@H](c2ccc(O)cc2)S(=O)(=O)C1.NS(=O)(=O)C1=CC=CNS1. The van der Waals surface area contributed by atoms with Crippen molar-refractivity contribution in [1.82, 2.24) is 10.0 Å². The fourth-order valence-electron chi connectivity index (χ4n) is 2.78. The summed E-state index contributed by atoms with van der Waals surface area (Å²) >= 11 is 0.981. The second-order valence-electron chi connectivity index (χ2n) is 6.01. The van der Waals surface area contributed by atoms with E-state index in [4.69, 9.17) is 5.14 Å². The molecule has 3 rings (SSSR count). The second kappa shape index (κ2) is 9.11. The van der Waals surface area contributed by atoms with Gasteiger partial charge in [0.05, 0.1) is 11.0 Å². The molecule has 2 atom stereocenters. The Balaban J connectivity index is 0.000000223. The molecule has 1 aromatic carbocycles. The maximum atomic E-state index is 12.0. The minimum absolute atomic E-state index is 0.0452. The standard InChI is InChI=1S/C12H17NO3S.C4H6N2O2S2/c1-2-13-10-7-12(17(15,16)8-10)9-3-5-11(14)6-4-9;5-10(7,8)4-2-1-3-6-9-4/h3-6,10,12-14H,2,7-8H2,1H3;1-3,6H,(H2,5,7,8)/t10?,12-;/m1./s1. The van der Waals surface area contributed by atoms with Crippen molar-refractivity contribution in [3.63, 3.8) is 0 Å². The van der Waals surface area contributed by atoms with Gasteiger partial charge in [-0.15, -0.1) is 0 Å². The maximum Gasteiger partial charge on any atom is 0.245 e. The summed E-state index contributed by atoms with van der Waals surface area (Å²) in [5.74, 6) is 0.360. The molecule has 1 aromatic rings. The zero-order valence-corrected chi connectivity index (χ0v) is 17.1. The lowest BCUT2D eigenvalue weighted by atomic mass is 10.1. The highest BCUT2D eigenvalue weighted by atomic mass is 32.3. The minimum Gasteiger partial charge on any atom is -0.508 e. The molecule has 11 heteroatoms. The second-order valence-corrected chi connectivity index (χ2v) is 10.9. The molecule has 1 unspecified atom stereocenters. The third-order valence-corrected chi connectivity index (χ3v) is 8.39. The number of phenolic OH excluding ortho intramolecular Hbond substituents is 1. The Morgan fingerprint density at radius 1 is 1.33 bits per heavy atom. The number of sulfonamides is 1. The topological polar surface area (TPSA) is 139 Å². The first-order valence-corrected chi connectivity index (χ1v) is 12.3. The highest BCUT2D eigenvalue weighted by Gasteiger charge is 2.38. The zero-order chi connectivity index (χ0) is 20.1. The Bertz CT molecular complexity index is 909. The van der Waals surface area contributed by atoms with E-state index in [0.717, 1.165) is 24.1 Å². The number of aromatic hydroxyl groups is 1. The van der Waals surface area contributed by atoms with Gasteiger partial charge in [-0.1, -0.05) is 19.1 Å². The number of sulfone groups is 1. The van der Waals surface area contributed by atoms with Gasteiger partial charge in [0.25, 0.3) is 0 Å². The van der Waals surface area contributed by atoms with Crippen molar-refractivity contribution in [3.05, 3.63) is 52.4 Å². The predicted molar refractivity (Wildman–Crippen MR) is 108 cm³/mol. The molecule has 0 radical (unpaired) electrons. The van der Waals surface area contributed by atoms with Crippen LogP contribution in [0.1, 0.15) is 24.2 Å². The number of rotatable bonds is 4. The third kappa shape index (κ3) is 6.25. The van der Waals surface area contributed by atoms with Crippen LogP contribution in [0.3, 0.4) is 0 Å². The van der Waals surface area contributed by atoms with Gasteiger partial charge in [-0.3, -0.25) is 0 Å². The van der Waals surface area contributed by atoms with Gasteiger partial charge in [-0.05, 0) is 54.8 Å². The maximum absolute atomic E-state index is 12.0. The summed E-state index contributed by atoms with van der Waals surface area (Å²) in [5, 5.41) is 16.8. The average Bonchev–Trinajstić information content (AvgIpc) is 2.91. The van der Waals surface area contributed by atoms with Gasteiger partial charge in [-0.25, -0.2) is 22.0 Å². The molecule has 0 amide bonds. The van der Waals surface area contributed by atoms with Gasteiger partial charge in [0.2, 0.25) is 10.0 Å². The van der Waals surface area contributed by atoms with E-state index in [-0.39, 0.29) is 21.8 Å². The molecule has 0 spiro atoms. The van der Waals surface area contributed by atoms with Crippen LogP contribution in [0.2, 0.25) is 0 Å². The van der Waals surface area contributed by atoms with Gasteiger partial charge in [0, 0.05) is 12.2 Å². The zero-order valence-electron chi connectivity index (χ0n) is 14.7. The fourth-order valence-corrected chi connectivity index (χ4v) is 6.21. The molecule has 27 heavy (non-hydrogen) atoms. The molecular weight excluding hydrogens is 410 g/mol. The number of hydrogen-bond acceptors (Lipinski definition) is 8. The average molecular weight is 434 g/mol. The molecule has 1 saturated heterocycles. The third-order valence-electron chi connectivity index (χ3n) is 3.96. The van der Waals surface area contributed by atoms with E-state index < -0.39 is 25.1 Å². The molecule has 2 heterocycles. The van der Waals surface area contributed by atoms with Crippen LogP contribution in [0.5, 0.6) is 5.75 Å². The van der Waals surface area contributed by atoms with Crippen molar-refractivity contribution in [2.75, 3.05) is 12.3 Å². The van der Waals surface area contributed by atoms with Crippen LogP contribution in [0.25, 0.3) is 0 Å². The van der Waals surface area contributed by atoms with Crippen molar-refractivity contribution in [3.8, 4) is 5.75 Å². The highest BCUT2D eigenvalue weighted by molar-refractivity contribution is 8.17. The molecule has 8 nitrogen and oxygen atoms in total. The first kappa shape index (κ1) is 21.8. The van der Waals surface area contributed by atoms with Crippen molar-refractivity contribution in [2.24, 2.45) is 5.14 Å². The molecule has 2 aliphatic rings. The van der Waals surface area contributed by atoms with Crippen LogP contribution >= 0.6 is 11.9 Å². The van der Waals surface area contributed by atoms with Gasteiger partial charge in [0.15, 0.2) is 9.84 Å². The minimum atomic E-state index is -3.52. The van der Waals surface area contributed by atoms with Crippen molar-refractivity contribution in [1.29, 1.82) is 0 Å². The molecule has 150 valence electrons. The van der Waals surface area contributed by atoms with E-state index in [1.165, 1.54) is 18.2 Å². The molecule has 0 aliphatic carbocycles. The van der Waals surface area contributed by atoms with E-state index in [2.05, 4.69) is 10.0 Å². The monoisotopic (exact) mass is 433 g/mol. The van der Waals surface area contributed by atoms with Crippen LogP contribution in [0.15, 0.2) is 46.9 Å². The quantitative estimate of drug-likeness (QED) is 0.518. The number of nitrogens with one attached hydrogen (secondary N) is 2. The fraction of sp³-hybridized carbons (Fsp3) is 0.375. The molecule has 5 N–H and O–H groups in total. The van der Waals surface area contributed by atoms with Gasteiger partial charge in [0.1, 0.15) is 9.99 Å². The van der Waals surface area contributed by atoms with Gasteiger partial charge >= 0.3 is 0 Å². The van der Waals surface area contributed by atoms with E-state index in [1.54, 1.807) is 24.4 Å². The van der Waals surface area contributed by atoms with E-state index in [9.17, 15) is 21.9 Å². The van der Waals surface area contributed by atoms with Gasteiger partial charge in [-0.2, -0.15) is 0 Å². The van der Waals surface area contributed by atoms with Crippen LogP contribution in [-0.2, 0) is 19.9 Å². The molecule has 1 fully saturated rings. The van der Waals surface area contributed by atoms with Crippen molar-refractivity contribution >= 4 is 31.8 Å². The Morgan fingerprint density at radius 2 is 2.00 bits per heavy atom. The van der Waals surface area contributed by atoms with Crippen LogP contribution in [0, 0.1) is 0 Å². The number of phenols is 1. The van der Waals surface area contributed by atoms with Crippen molar-refractivity contribution in [2.45, 2.75) is 24.6 Å². The first-order chi connectivity index (χ1) is 12.6. The number of nitrogens with two attached hydrogens (primary N) is 1. The van der Waals surface area contributed by atoms with E-state index >= 15 is 0 Å². The summed E-state index contributed by atoms with van der Waals surface area (Å²) in [6.07, 6.45) is 5.26. The molecular formula is C16H23N3O5S3. The molecule has 0 bridgehead atoms. The number of hydrogen-bond donors (Lipinski definition) is 4. The van der Waals surface area contributed by atoms with E-state index in [1.807, 2.05) is 6.92 Å². The smallest absolute Gasteiger partial charge is 0.245 e. The Kier molecular flexibility index (Phi) is 7.34. The number of benzene rings is 1. The molecule has 0 saturated carbocycles. The van der Waals surface area contributed by atoms with Crippen LogP contribution in [-0.4, -0.2) is 40.3 Å². The lowest BCUT2D eigenvalue weighted by Crippen LogP contribution is -2.29. The summed E-state index contributed by atoms with van der Waals surface area (Å²) in [5.41, 5.74) is 0.767. The summed E-state index contributed by atoms with van der Waals surface area (Å²) in [7, 11) is -6.58. The summed E-state index contributed by atoms with van der Waals surface area (Å²) in [4.78, 5) is 0. The Morgan fingerprint density at radius 3 is 2.48 bits per heavy atom. The van der Waals surface area contributed by atoms with Gasteiger partial charge < -0.3 is 15.1 Å². The lowest BCUT2D eigenvalue weighted by molar-refractivity contribution is 0.475. The first-order valence-electron chi connectivity index (χ1n) is 8.19. The van der Waals surface area contributed by atoms with Crippen LogP contribution < -0.4 is 15.2 Å². The largest absolute Gasteiger partial charge is 0.508 e. The molecule has 0 aromatic heterocycles. The Labute approximate surface area is 164 Å². The summed E-state index contributed by atoms with van der Waals surface area (Å²) in [6, 6.07) is 6.48. The Hall–Kier alpha value is -1.53. The predicted octanol–water partition coefficient (Wildman–Crippen LogP) is 1.11. The highest BCUT2D eigenvalue weighted by Crippen LogP contribution is 2.35. The normalized spacial score (nSPS) is 23.7. The lowest BCUT2D eigenvalue weighted by Gasteiger charge is -2.10. The summed E-state index contributed by atoms with van der Waals surface area (Å²) in [6.45, 7) is 2.75. The number of allylic oxidation sites excluding steroid dienone is 2. The van der Waals surface area contributed by atoms with Crippen molar-refractivity contribution < 1.29 is 21.9 Å². The van der Waals surface area contributed by atoms with Crippen LogP contribution in [0.4, 0.5) is 0 Å². The molecule has 2 aliphatic heterocycles. The number of primary sulfonamides is 1. The van der Waals surface area contributed by atoms with E-state index in [0.29, 0.717) is 6.42 Å².